The molecule has 0 aromatic heterocycles. The zero-order chi connectivity index (χ0) is 8.69. The normalized spacial score (nSPS) is 12.1. The number of carbonyl (C=O) groups is 1. The second kappa shape index (κ2) is 6.30. The summed E-state index contributed by atoms with van der Waals surface area (Å²) in [5.41, 5.74) is 0. The lowest BCUT2D eigenvalue weighted by Crippen LogP contribution is -2.04. The molecule has 0 amide bonds. The lowest BCUT2D eigenvalue weighted by atomic mass is 10.3. The molecule has 0 aromatic rings. The number of thioether (sulfide) groups is 1. The van der Waals surface area contributed by atoms with E-state index in [-0.39, 0.29) is 12.2 Å². The quantitative estimate of drug-likeness (QED) is 0.588. The Morgan fingerprint density at radius 2 is 2.36 bits per heavy atom. The summed E-state index contributed by atoms with van der Waals surface area (Å²) in [6.07, 6.45) is 6.37. The molecule has 0 bridgehead atoms. The number of hydrogen-bond donors (Lipinski definition) is 0. The molecule has 0 radical (unpaired) electrons. The molecule has 0 heterocycles. The van der Waals surface area contributed by atoms with Gasteiger partial charge in [-0.05, 0) is 6.42 Å². The van der Waals surface area contributed by atoms with E-state index in [2.05, 4.69) is 19.8 Å². The van der Waals surface area contributed by atoms with Crippen LogP contribution in [0, 0.1) is 12.3 Å². The molecule has 0 aliphatic heterocycles. The zero-order valence-corrected chi connectivity index (χ0v) is 7.91. The Bertz CT molecular complexity index is 157. The van der Waals surface area contributed by atoms with Crippen molar-refractivity contribution >= 4 is 17.5 Å². The van der Waals surface area contributed by atoms with E-state index in [0.29, 0.717) is 11.0 Å². The molecule has 0 rings (SSSR count). The second-order valence-electron chi connectivity index (χ2n) is 2.45. The Morgan fingerprint density at radius 1 is 1.73 bits per heavy atom. The largest absolute Gasteiger partial charge is 0.298 e. The van der Waals surface area contributed by atoms with Crippen LogP contribution in [-0.2, 0) is 4.79 Å². The van der Waals surface area contributed by atoms with Crippen molar-refractivity contribution in [1.29, 1.82) is 0 Å². The fourth-order valence-corrected chi connectivity index (χ4v) is 1.33. The van der Waals surface area contributed by atoms with Gasteiger partial charge in [-0.1, -0.05) is 19.8 Å². The number of carbonyl (C=O) groups excluding carboxylic acids is 1. The van der Waals surface area contributed by atoms with Crippen LogP contribution in [0.5, 0.6) is 0 Å². The van der Waals surface area contributed by atoms with E-state index in [9.17, 15) is 4.79 Å². The van der Waals surface area contributed by atoms with E-state index in [1.54, 1.807) is 11.8 Å². The standard InChI is InChI=1S/C9H14OS/c1-4-6-9(10)7-11-8(3)5-2/h1,8H,5-7H2,2-3H3. The Labute approximate surface area is 72.9 Å². The van der Waals surface area contributed by atoms with Gasteiger partial charge in [0.25, 0.3) is 0 Å². The highest BCUT2D eigenvalue weighted by Gasteiger charge is 2.03. The molecule has 0 fully saturated rings. The zero-order valence-electron chi connectivity index (χ0n) is 7.09. The lowest BCUT2D eigenvalue weighted by molar-refractivity contribution is -0.115. The third kappa shape index (κ3) is 6.00. The minimum Gasteiger partial charge on any atom is -0.298 e. The van der Waals surface area contributed by atoms with Crippen molar-refractivity contribution in [3.63, 3.8) is 0 Å². The summed E-state index contributed by atoms with van der Waals surface area (Å²) in [5.74, 6) is 3.08. The van der Waals surface area contributed by atoms with Crippen LogP contribution in [0.4, 0.5) is 0 Å². The molecule has 0 saturated heterocycles. The van der Waals surface area contributed by atoms with Gasteiger partial charge in [-0.3, -0.25) is 4.79 Å². The highest BCUT2D eigenvalue weighted by Crippen LogP contribution is 2.13. The van der Waals surface area contributed by atoms with E-state index in [1.807, 2.05) is 0 Å². The molecule has 0 N–H and O–H groups in total. The van der Waals surface area contributed by atoms with Crippen molar-refractivity contribution in [2.24, 2.45) is 0 Å². The van der Waals surface area contributed by atoms with Crippen molar-refractivity contribution in [3.8, 4) is 12.3 Å². The van der Waals surface area contributed by atoms with Crippen LogP contribution in [0.1, 0.15) is 26.7 Å². The maximum Gasteiger partial charge on any atom is 0.154 e. The van der Waals surface area contributed by atoms with E-state index in [1.165, 1.54) is 0 Å². The third-order valence-corrected chi connectivity index (χ3v) is 2.79. The monoisotopic (exact) mass is 170 g/mol. The molecule has 0 aliphatic rings. The van der Waals surface area contributed by atoms with E-state index in [0.717, 1.165) is 6.42 Å². The second-order valence-corrected chi connectivity index (χ2v) is 3.88. The first-order valence-corrected chi connectivity index (χ1v) is 4.82. The van der Waals surface area contributed by atoms with Crippen LogP contribution in [0.15, 0.2) is 0 Å². The Morgan fingerprint density at radius 3 is 2.82 bits per heavy atom. The summed E-state index contributed by atoms with van der Waals surface area (Å²) in [6, 6.07) is 0. The van der Waals surface area contributed by atoms with Gasteiger partial charge in [-0.15, -0.1) is 6.42 Å². The van der Waals surface area contributed by atoms with Crippen LogP contribution in [0.25, 0.3) is 0 Å². The van der Waals surface area contributed by atoms with Crippen molar-refractivity contribution in [1.82, 2.24) is 0 Å². The third-order valence-electron chi connectivity index (χ3n) is 1.40. The van der Waals surface area contributed by atoms with Gasteiger partial charge in [-0.25, -0.2) is 0 Å². The fourth-order valence-electron chi connectivity index (χ4n) is 0.518. The molecule has 62 valence electrons. The first-order valence-electron chi connectivity index (χ1n) is 3.77. The summed E-state index contributed by atoms with van der Waals surface area (Å²) >= 11 is 1.68. The summed E-state index contributed by atoms with van der Waals surface area (Å²) in [4.78, 5) is 10.9. The molecule has 1 nitrogen and oxygen atoms in total. The van der Waals surface area contributed by atoms with Crippen molar-refractivity contribution in [3.05, 3.63) is 0 Å². The van der Waals surface area contributed by atoms with Gasteiger partial charge in [0.15, 0.2) is 5.78 Å². The minimum absolute atomic E-state index is 0.165. The van der Waals surface area contributed by atoms with Gasteiger partial charge in [-0.2, -0.15) is 11.8 Å². The van der Waals surface area contributed by atoms with Crippen LogP contribution >= 0.6 is 11.8 Å². The molecule has 0 spiro atoms. The summed E-state index contributed by atoms with van der Waals surface area (Å²) < 4.78 is 0. The van der Waals surface area contributed by atoms with Crippen LogP contribution < -0.4 is 0 Å². The predicted molar refractivity (Wildman–Crippen MR) is 50.7 cm³/mol. The number of hydrogen-bond acceptors (Lipinski definition) is 2. The van der Waals surface area contributed by atoms with Gasteiger partial charge in [0.05, 0.1) is 12.2 Å². The molecule has 0 aromatic carbocycles. The molecule has 1 unspecified atom stereocenters. The van der Waals surface area contributed by atoms with Crippen LogP contribution in [0.3, 0.4) is 0 Å². The molecular formula is C9H14OS. The van der Waals surface area contributed by atoms with E-state index < -0.39 is 0 Å². The summed E-state index contributed by atoms with van der Waals surface area (Å²) in [7, 11) is 0. The smallest absolute Gasteiger partial charge is 0.154 e. The predicted octanol–water partition coefficient (Wildman–Crippen LogP) is 2.11. The average molecular weight is 170 g/mol. The van der Waals surface area contributed by atoms with Gasteiger partial charge < -0.3 is 0 Å². The highest BCUT2D eigenvalue weighted by atomic mass is 32.2. The van der Waals surface area contributed by atoms with E-state index in [4.69, 9.17) is 6.42 Å². The molecule has 0 aliphatic carbocycles. The van der Waals surface area contributed by atoms with Crippen molar-refractivity contribution < 1.29 is 4.79 Å². The number of Topliss-reactive ketones (excluding diaryl/α,β-unsaturated/α-hetero) is 1. The van der Waals surface area contributed by atoms with E-state index >= 15 is 0 Å². The lowest BCUT2D eigenvalue weighted by Gasteiger charge is -2.05. The van der Waals surface area contributed by atoms with Crippen LogP contribution in [-0.4, -0.2) is 16.8 Å². The van der Waals surface area contributed by atoms with Gasteiger partial charge in [0.2, 0.25) is 0 Å². The number of terminal acetylenes is 1. The van der Waals surface area contributed by atoms with Crippen LogP contribution in [0.2, 0.25) is 0 Å². The van der Waals surface area contributed by atoms with Crippen molar-refractivity contribution in [2.75, 3.05) is 5.75 Å². The molecule has 1 atom stereocenters. The maximum atomic E-state index is 10.9. The Balaban J connectivity index is 3.39. The number of ketones is 1. The summed E-state index contributed by atoms with van der Waals surface area (Å²) in [6.45, 7) is 4.23. The topological polar surface area (TPSA) is 17.1 Å². The Hall–Kier alpha value is -0.420. The Kier molecular flexibility index (Phi) is 6.06. The molecule has 0 saturated carbocycles. The highest BCUT2D eigenvalue weighted by molar-refractivity contribution is 8.00. The maximum absolute atomic E-state index is 10.9. The van der Waals surface area contributed by atoms with Crippen molar-refractivity contribution in [2.45, 2.75) is 31.9 Å². The van der Waals surface area contributed by atoms with Gasteiger partial charge in [0.1, 0.15) is 0 Å². The SMILES string of the molecule is C#CCC(=O)CSC(C)CC. The van der Waals surface area contributed by atoms with Gasteiger partial charge in [0, 0.05) is 5.25 Å². The van der Waals surface area contributed by atoms with Gasteiger partial charge >= 0.3 is 0 Å². The summed E-state index contributed by atoms with van der Waals surface area (Å²) in [5, 5.41) is 0.566. The molecule has 11 heavy (non-hydrogen) atoms. The fraction of sp³-hybridized carbons (Fsp3) is 0.667. The average Bonchev–Trinajstić information content (AvgIpc) is 2.01. The first kappa shape index (κ1) is 10.6. The minimum atomic E-state index is 0.165. The molecular weight excluding hydrogens is 156 g/mol. The first-order chi connectivity index (χ1) is 5.20. The molecule has 2 heteroatoms. The number of rotatable bonds is 5.